The Kier molecular flexibility index (Phi) is 3.94. The van der Waals surface area contributed by atoms with Crippen molar-refractivity contribution in [3.05, 3.63) is 0 Å². The van der Waals surface area contributed by atoms with Crippen LogP contribution in [0, 0.1) is 0 Å². The Labute approximate surface area is 118 Å². The van der Waals surface area contributed by atoms with E-state index in [0.29, 0.717) is 26.4 Å². The third-order valence-electron chi connectivity index (χ3n) is 4.43. The highest BCUT2D eigenvalue weighted by atomic mass is 16.6. The van der Waals surface area contributed by atoms with Crippen molar-refractivity contribution in [3.8, 4) is 0 Å². The van der Waals surface area contributed by atoms with Crippen LogP contribution in [0.25, 0.3) is 0 Å². The molecule has 112 valence electrons. The molecule has 2 amide bonds. The molecule has 1 aliphatic carbocycles. The van der Waals surface area contributed by atoms with Crippen molar-refractivity contribution in [1.82, 2.24) is 10.2 Å². The molecule has 0 aromatic carbocycles. The summed E-state index contributed by atoms with van der Waals surface area (Å²) in [4.78, 5) is 26.3. The Balaban J connectivity index is 1.69. The first-order chi connectivity index (χ1) is 9.70. The minimum atomic E-state index is -0.650. The minimum absolute atomic E-state index is 0.0526. The van der Waals surface area contributed by atoms with Gasteiger partial charge in [-0.25, -0.2) is 0 Å². The van der Waals surface area contributed by atoms with E-state index in [1.165, 1.54) is 0 Å². The lowest BCUT2D eigenvalue weighted by Crippen LogP contribution is -2.68. The van der Waals surface area contributed by atoms with Crippen LogP contribution in [0.5, 0.6) is 0 Å². The van der Waals surface area contributed by atoms with Gasteiger partial charge in [0.2, 0.25) is 11.8 Å². The molecule has 2 heterocycles. The van der Waals surface area contributed by atoms with Crippen LogP contribution in [0.2, 0.25) is 0 Å². The molecule has 6 heteroatoms. The Morgan fingerprint density at radius 1 is 1.20 bits per heavy atom. The molecule has 1 N–H and O–H groups in total. The fraction of sp³-hybridized carbons (Fsp3) is 0.857. The second kappa shape index (κ2) is 5.69. The molecule has 0 bridgehead atoms. The largest absolute Gasteiger partial charge is 0.376 e. The molecule has 2 aliphatic heterocycles. The van der Waals surface area contributed by atoms with Crippen molar-refractivity contribution in [2.24, 2.45) is 0 Å². The van der Waals surface area contributed by atoms with Crippen LogP contribution in [0.3, 0.4) is 0 Å². The summed E-state index contributed by atoms with van der Waals surface area (Å²) in [5.74, 6) is 0.00852. The summed E-state index contributed by atoms with van der Waals surface area (Å²) in [5.41, 5.74) is -0.650. The summed E-state index contributed by atoms with van der Waals surface area (Å²) in [5, 5.41) is 2.95. The molecule has 0 aromatic heterocycles. The van der Waals surface area contributed by atoms with Crippen LogP contribution >= 0.6 is 0 Å². The van der Waals surface area contributed by atoms with Crippen molar-refractivity contribution < 1.29 is 19.1 Å². The molecular weight excluding hydrogens is 260 g/mol. The highest BCUT2D eigenvalue weighted by molar-refractivity contribution is 5.98. The maximum absolute atomic E-state index is 12.7. The van der Waals surface area contributed by atoms with E-state index in [0.717, 1.165) is 32.1 Å². The van der Waals surface area contributed by atoms with Crippen LogP contribution in [-0.4, -0.2) is 61.3 Å². The first-order valence-corrected chi connectivity index (χ1v) is 7.49. The molecule has 3 fully saturated rings. The lowest BCUT2D eigenvalue weighted by molar-refractivity contribution is -0.156. The Morgan fingerprint density at radius 3 is 2.70 bits per heavy atom. The van der Waals surface area contributed by atoms with E-state index in [9.17, 15) is 9.59 Å². The summed E-state index contributed by atoms with van der Waals surface area (Å²) < 4.78 is 10.9. The van der Waals surface area contributed by atoms with Gasteiger partial charge in [-0.2, -0.15) is 0 Å². The summed E-state index contributed by atoms with van der Waals surface area (Å²) >= 11 is 0. The number of nitrogens with zero attached hydrogens (tertiary/aromatic N) is 1. The van der Waals surface area contributed by atoms with Crippen molar-refractivity contribution in [2.75, 3.05) is 32.9 Å². The summed E-state index contributed by atoms with van der Waals surface area (Å²) in [6.07, 6.45) is 4.56. The summed E-state index contributed by atoms with van der Waals surface area (Å²) in [6.45, 7) is 2.26. The number of nitrogens with one attached hydrogen (secondary N) is 1. The van der Waals surface area contributed by atoms with E-state index in [-0.39, 0.29) is 24.5 Å². The Bertz CT molecular complexity index is 387. The molecule has 6 nitrogen and oxygen atoms in total. The predicted octanol–water partition coefficient (Wildman–Crippen LogP) is 0.0631. The SMILES string of the molecule is O=C1CN(CC2COCCO2)C(=O)C2(CCCCC2)N1. The number of rotatable bonds is 2. The molecule has 1 saturated carbocycles. The fourth-order valence-corrected chi connectivity index (χ4v) is 3.44. The monoisotopic (exact) mass is 282 g/mol. The van der Waals surface area contributed by atoms with E-state index in [1.54, 1.807) is 4.90 Å². The van der Waals surface area contributed by atoms with Gasteiger partial charge in [-0.3, -0.25) is 9.59 Å². The third kappa shape index (κ3) is 2.67. The Hall–Kier alpha value is -1.14. The molecule has 3 aliphatic rings. The molecule has 2 saturated heterocycles. The quantitative estimate of drug-likeness (QED) is 0.778. The highest BCUT2D eigenvalue weighted by Gasteiger charge is 2.47. The Morgan fingerprint density at radius 2 is 2.00 bits per heavy atom. The van der Waals surface area contributed by atoms with Gasteiger partial charge in [0.05, 0.1) is 32.5 Å². The second-order valence-corrected chi connectivity index (χ2v) is 5.94. The highest BCUT2D eigenvalue weighted by Crippen LogP contribution is 2.32. The first kappa shape index (κ1) is 13.8. The maximum Gasteiger partial charge on any atom is 0.248 e. The number of hydrogen-bond acceptors (Lipinski definition) is 4. The van der Waals surface area contributed by atoms with Gasteiger partial charge in [-0.1, -0.05) is 19.3 Å². The zero-order valence-corrected chi connectivity index (χ0v) is 11.7. The summed E-state index contributed by atoms with van der Waals surface area (Å²) in [7, 11) is 0. The van der Waals surface area contributed by atoms with E-state index in [2.05, 4.69) is 5.32 Å². The minimum Gasteiger partial charge on any atom is -0.376 e. The number of carbonyl (C=O) groups is 2. The third-order valence-corrected chi connectivity index (χ3v) is 4.43. The van der Waals surface area contributed by atoms with Crippen molar-refractivity contribution in [1.29, 1.82) is 0 Å². The van der Waals surface area contributed by atoms with Gasteiger partial charge in [0, 0.05) is 6.54 Å². The molecule has 0 aromatic rings. The normalized spacial score (nSPS) is 30.4. The molecule has 20 heavy (non-hydrogen) atoms. The van der Waals surface area contributed by atoms with Crippen molar-refractivity contribution in [2.45, 2.75) is 43.7 Å². The zero-order valence-electron chi connectivity index (χ0n) is 11.7. The van der Waals surface area contributed by atoms with E-state index in [1.807, 2.05) is 0 Å². The molecule has 1 spiro atoms. The summed E-state index contributed by atoms with van der Waals surface area (Å²) in [6, 6.07) is 0. The second-order valence-electron chi connectivity index (χ2n) is 5.94. The van der Waals surface area contributed by atoms with Gasteiger partial charge in [0.15, 0.2) is 0 Å². The average molecular weight is 282 g/mol. The van der Waals surface area contributed by atoms with Gasteiger partial charge in [0.25, 0.3) is 0 Å². The number of hydrogen-bond donors (Lipinski definition) is 1. The molecule has 0 radical (unpaired) electrons. The average Bonchev–Trinajstić information content (AvgIpc) is 2.46. The predicted molar refractivity (Wildman–Crippen MR) is 71.1 cm³/mol. The molecule has 1 unspecified atom stereocenters. The topological polar surface area (TPSA) is 67.9 Å². The standard InChI is InChI=1S/C14H22N2O4/c17-12-9-16(8-11-10-19-6-7-20-11)13(18)14(15-12)4-2-1-3-5-14/h11H,1-10H2,(H,15,17). The van der Waals surface area contributed by atoms with E-state index < -0.39 is 5.54 Å². The smallest absolute Gasteiger partial charge is 0.248 e. The maximum atomic E-state index is 12.7. The number of piperazine rings is 1. The van der Waals surface area contributed by atoms with Gasteiger partial charge in [0.1, 0.15) is 5.54 Å². The number of amides is 2. The van der Waals surface area contributed by atoms with Crippen molar-refractivity contribution in [3.63, 3.8) is 0 Å². The molecule has 3 rings (SSSR count). The lowest BCUT2D eigenvalue weighted by atomic mass is 9.79. The van der Waals surface area contributed by atoms with Crippen LogP contribution in [0.15, 0.2) is 0 Å². The van der Waals surface area contributed by atoms with Crippen LogP contribution in [-0.2, 0) is 19.1 Å². The molecular formula is C14H22N2O4. The van der Waals surface area contributed by atoms with Gasteiger partial charge in [-0.05, 0) is 12.8 Å². The van der Waals surface area contributed by atoms with E-state index in [4.69, 9.17) is 9.47 Å². The van der Waals surface area contributed by atoms with Gasteiger partial charge in [-0.15, -0.1) is 0 Å². The number of ether oxygens (including phenoxy) is 2. The van der Waals surface area contributed by atoms with Gasteiger partial charge >= 0.3 is 0 Å². The fourth-order valence-electron chi connectivity index (χ4n) is 3.44. The van der Waals surface area contributed by atoms with Gasteiger partial charge < -0.3 is 19.7 Å². The van der Waals surface area contributed by atoms with Crippen LogP contribution in [0.1, 0.15) is 32.1 Å². The number of carbonyl (C=O) groups excluding carboxylic acids is 2. The lowest BCUT2D eigenvalue weighted by Gasteiger charge is -2.45. The van der Waals surface area contributed by atoms with Crippen LogP contribution < -0.4 is 5.32 Å². The van der Waals surface area contributed by atoms with Crippen LogP contribution in [0.4, 0.5) is 0 Å². The van der Waals surface area contributed by atoms with E-state index >= 15 is 0 Å². The zero-order chi connectivity index (χ0) is 14.0. The molecule has 1 atom stereocenters. The first-order valence-electron chi connectivity index (χ1n) is 7.49. The van der Waals surface area contributed by atoms with Crippen molar-refractivity contribution >= 4 is 11.8 Å².